The van der Waals surface area contributed by atoms with Crippen LogP contribution >= 0.6 is 0 Å². The minimum Gasteiger partial charge on any atom is -0.380 e. The van der Waals surface area contributed by atoms with Crippen LogP contribution in [-0.2, 0) is 11.3 Å². The summed E-state index contributed by atoms with van der Waals surface area (Å²) in [6.45, 7) is 4.62. The maximum atomic E-state index is 7.64. The Morgan fingerprint density at radius 3 is 3.00 bits per heavy atom. The second kappa shape index (κ2) is 7.11. The molecule has 1 saturated heterocycles. The minimum absolute atomic E-state index is 0.519. The molecular weight excluding hydrogens is 276 g/mol. The van der Waals surface area contributed by atoms with Crippen molar-refractivity contribution in [3.63, 3.8) is 0 Å². The van der Waals surface area contributed by atoms with Crippen molar-refractivity contribution in [1.82, 2.24) is 14.5 Å². The molecule has 0 saturated carbocycles. The Hall–Kier alpha value is -1.59. The van der Waals surface area contributed by atoms with E-state index in [1.807, 2.05) is 25.1 Å². The average molecular weight is 305 g/mol. The number of aromatic nitrogens is 2. The average Bonchev–Trinajstić information content (AvgIpc) is 2.77. The Kier molecular flexibility index (Phi) is 3.85. The standard InChI is InChI=1S/C17H26N4O/c1-3-22-14-13-21-16-8-5-4-7-15(16)18-17(21)20-10-6-9-19(2)11-12-20/h4-5,7-8H,3,6,9-14H2,1-2H3/i2D3. The monoisotopic (exact) mass is 305 g/mol. The molecule has 2 aromatic rings. The lowest BCUT2D eigenvalue weighted by atomic mass is 10.3. The summed E-state index contributed by atoms with van der Waals surface area (Å²) in [6.07, 6.45) is 0.813. The molecule has 0 unspecified atom stereocenters. The molecule has 1 aliphatic heterocycles. The van der Waals surface area contributed by atoms with Crippen LogP contribution in [0.1, 0.15) is 17.5 Å². The Morgan fingerprint density at radius 1 is 1.23 bits per heavy atom. The molecule has 3 rings (SSSR count). The number of likely N-dealkylation sites (N-methyl/N-ethyl adjacent to an activating group) is 1. The fourth-order valence-electron chi connectivity index (χ4n) is 2.94. The van der Waals surface area contributed by atoms with Crippen LogP contribution in [0, 0.1) is 0 Å². The van der Waals surface area contributed by atoms with Gasteiger partial charge in [0.25, 0.3) is 0 Å². The third kappa shape index (κ3) is 3.25. The van der Waals surface area contributed by atoms with Gasteiger partial charge in [0, 0.05) is 36.9 Å². The molecule has 1 fully saturated rings. The lowest BCUT2D eigenvalue weighted by Crippen LogP contribution is -2.31. The highest BCUT2D eigenvalue weighted by atomic mass is 16.5. The van der Waals surface area contributed by atoms with E-state index in [1.165, 1.54) is 0 Å². The molecule has 1 aromatic carbocycles. The predicted molar refractivity (Wildman–Crippen MR) is 90.6 cm³/mol. The molecule has 5 nitrogen and oxygen atoms in total. The summed E-state index contributed by atoms with van der Waals surface area (Å²) in [4.78, 5) is 8.61. The van der Waals surface area contributed by atoms with Crippen molar-refractivity contribution < 1.29 is 8.85 Å². The first-order chi connectivity index (χ1) is 12.0. The van der Waals surface area contributed by atoms with Gasteiger partial charge in [-0.3, -0.25) is 0 Å². The van der Waals surface area contributed by atoms with Gasteiger partial charge in [-0.15, -0.1) is 0 Å². The molecule has 22 heavy (non-hydrogen) atoms. The summed E-state index contributed by atoms with van der Waals surface area (Å²) in [7, 11) is 0. The molecule has 120 valence electrons. The van der Waals surface area contributed by atoms with Gasteiger partial charge in [-0.25, -0.2) is 4.98 Å². The van der Waals surface area contributed by atoms with Crippen molar-refractivity contribution in [2.75, 3.05) is 51.3 Å². The highest BCUT2D eigenvalue weighted by Crippen LogP contribution is 2.23. The van der Waals surface area contributed by atoms with E-state index in [2.05, 4.69) is 15.5 Å². The molecule has 5 heteroatoms. The molecule has 0 bridgehead atoms. The van der Waals surface area contributed by atoms with Gasteiger partial charge in [0.05, 0.1) is 17.6 Å². The van der Waals surface area contributed by atoms with Gasteiger partial charge in [0.2, 0.25) is 5.95 Å². The van der Waals surface area contributed by atoms with Gasteiger partial charge in [-0.05, 0) is 39.0 Å². The van der Waals surface area contributed by atoms with E-state index in [9.17, 15) is 0 Å². The van der Waals surface area contributed by atoms with Crippen LogP contribution in [-0.4, -0.2) is 60.8 Å². The first kappa shape index (κ1) is 11.9. The second-order valence-electron chi connectivity index (χ2n) is 5.58. The van der Waals surface area contributed by atoms with E-state index >= 15 is 0 Å². The zero-order valence-corrected chi connectivity index (χ0v) is 13.2. The van der Waals surface area contributed by atoms with Crippen molar-refractivity contribution in [2.45, 2.75) is 19.9 Å². The number of hydrogen-bond donors (Lipinski definition) is 0. The zero-order valence-electron chi connectivity index (χ0n) is 16.2. The van der Waals surface area contributed by atoms with E-state index in [-0.39, 0.29) is 0 Å². The van der Waals surface area contributed by atoms with Crippen LogP contribution in [0.3, 0.4) is 0 Å². The zero-order chi connectivity index (χ0) is 17.9. The molecule has 0 radical (unpaired) electrons. The normalized spacial score (nSPS) is 19.7. The maximum Gasteiger partial charge on any atom is 0.206 e. The molecule has 0 spiro atoms. The molecule has 0 amide bonds. The highest BCUT2D eigenvalue weighted by molar-refractivity contribution is 5.78. The van der Waals surface area contributed by atoms with Crippen LogP contribution < -0.4 is 4.90 Å². The van der Waals surface area contributed by atoms with Crippen LogP contribution in [0.4, 0.5) is 5.95 Å². The van der Waals surface area contributed by atoms with E-state index < -0.39 is 6.98 Å². The molecule has 1 aliphatic rings. The Labute approximate surface area is 136 Å². The second-order valence-corrected chi connectivity index (χ2v) is 5.58. The van der Waals surface area contributed by atoms with Crippen molar-refractivity contribution >= 4 is 17.0 Å². The van der Waals surface area contributed by atoms with E-state index in [1.54, 1.807) is 4.90 Å². The molecule has 1 aromatic heterocycles. The lowest BCUT2D eigenvalue weighted by molar-refractivity contribution is 0.140. The molecule has 0 N–H and O–H groups in total. The van der Waals surface area contributed by atoms with Crippen molar-refractivity contribution in [1.29, 1.82) is 0 Å². The first-order valence-corrected chi connectivity index (χ1v) is 8.03. The predicted octanol–water partition coefficient (Wildman–Crippen LogP) is 2.21. The number of para-hydroxylation sites is 2. The van der Waals surface area contributed by atoms with Crippen molar-refractivity contribution in [3.05, 3.63) is 24.3 Å². The van der Waals surface area contributed by atoms with Gasteiger partial charge in [0.15, 0.2) is 0 Å². The van der Waals surface area contributed by atoms with Gasteiger partial charge in [0.1, 0.15) is 0 Å². The first-order valence-electron chi connectivity index (χ1n) is 9.53. The van der Waals surface area contributed by atoms with Gasteiger partial charge in [-0.1, -0.05) is 12.1 Å². The quantitative estimate of drug-likeness (QED) is 0.793. The fraction of sp³-hybridized carbons (Fsp3) is 0.588. The Balaban J connectivity index is 1.85. The van der Waals surface area contributed by atoms with Crippen molar-refractivity contribution in [2.24, 2.45) is 0 Å². The smallest absolute Gasteiger partial charge is 0.206 e. The summed E-state index contributed by atoms with van der Waals surface area (Å²) < 4.78 is 30.6. The third-order valence-electron chi connectivity index (χ3n) is 4.08. The highest BCUT2D eigenvalue weighted by Gasteiger charge is 2.19. The fourth-order valence-corrected chi connectivity index (χ4v) is 2.94. The lowest BCUT2D eigenvalue weighted by Gasteiger charge is -2.23. The number of benzene rings is 1. The molecule has 0 atom stereocenters. The maximum absolute atomic E-state index is 7.64. The Bertz CT molecular complexity index is 701. The summed E-state index contributed by atoms with van der Waals surface area (Å²) in [5, 5.41) is 0. The number of hydrogen-bond acceptors (Lipinski definition) is 4. The van der Waals surface area contributed by atoms with E-state index in [0.29, 0.717) is 32.8 Å². The van der Waals surface area contributed by atoms with E-state index in [4.69, 9.17) is 13.8 Å². The minimum atomic E-state index is -2.02. The number of fused-ring (bicyclic) bond motifs is 1. The SMILES string of the molecule is [2H]C([2H])([2H])N1CCCN(c2nc3ccccc3n2CCOCC)CC1. The number of anilines is 1. The Morgan fingerprint density at radius 2 is 2.14 bits per heavy atom. The summed E-state index contributed by atoms with van der Waals surface area (Å²) in [5.41, 5.74) is 2.06. The molecule has 0 aliphatic carbocycles. The molecule has 2 heterocycles. The van der Waals surface area contributed by atoms with Crippen molar-refractivity contribution in [3.8, 4) is 0 Å². The number of rotatable bonds is 5. The summed E-state index contributed by atoms with van der Waals surface area (Å²) in [6, 6.07) is 8.10. The van der Waals surface area contributed by atoms with Gasteiger partial charge < -0.3 is 19.1 Å². The van der Waals surface area contributed by atoms with E-state index in [0.717, 1.165) is 36.5 Å². The largest absolute Gasteiger partial charge is 0.380 e. The van der Waals surface area contributed by atoms with Gasteiger partial charge in [-0.2, -0.15) is 0 Å². The van der Waals surface area contributed by atoms with Crippen LogP contribution in [0.5, 0.6) is 0 Å². The number of nitrogens with zero attached hydrogens (tertiary/aromatic N) is 4. The van der Waals surface area contributed by atoms with Crippen LogP contribution in [0.15, 0.2) is 24.3 Å². The summed E-state index contributed by atoms with van der Waals surface area (Å²) >= 11 is 0. The number of imidazole rings is 1. The summed E-state index contributed by atoms with van der Waals surface area (Å²) in [5.74, 6) is 0.910. The topological polar surface area (TPSA) is 33.5 Å². The van der Waals surface area contributed by atoms with Crippen LogP contribution in [0.2, 0.25) is 0 Å². The van der Waals surface area contributed by atoms with Gasteiger partial charge >= 0.3 is 0 Å². The van der Waals surface area contributed by atoms with Crippen LogP contribution in [0.25, 0.3) is 11.0 Å². The number of ether oxygens (including phenoxy) is 1. The molecular formula is C17H26N4O. The third-order valence-corrected chi connectivity index (χ3v) is 4.08.